The van der Waals surface area contributed by atoms with Crippen LogP contribution >= 0.6 is 0 Å². The van der Waals surface area contributed by atoms with Gasteiger partial charge in [0, 0.05) is 10.1 Å². The topological polar surface area (TPSA) is 52.3 Å². The molecule has 0 heterocycles. The summed E-state index contributed by atoms with van der Waals surface area (Å²) in [5.41, 5.74) is 5.28. The molecule has 0 saturated heterocycles. The molecular formula is C9H9F2NO2. The van der Waals surface area contributed by atoms with E-state index < -0.39 is 18.2 Å². The summed E-state index contributed by atoms with van der Waals surface area (Å²) in [6.07, 6.45) is -0.854. The summed E-state index contributed by atoms with van der Waals surface area (Å²) in [7, 11) is 0. The second-order valence-electron chi connectivity index (χ2n) is 2.85. The lowest BCUT2D eigenvalue weighted by Crippen LogP contribution is -2.34. The highest BCUT2D eigenvalue weighted by Crippen LogP contribution is 2.23. The molecule has 1 unspecified atom stereocenters. The summed E-state index contributed by atoms with van der Waals surface area (Å²) < 4.78 is 24.9. The zero-order valence-electron chi connectivity index (χ0n) is 7.24. The molecule has 14 heavy (non-hydrogen) atoms. The predicted molar refractivity (Wildman–Crippen MR) is 45.2 cm³/mol. The summed E-state index contributed by atoms with van der Waals surface area (Å²) >= 11 is 0. The van der Waals surface area contributed by atoms with Gasteiger partial charge in [-0.15, -0.1) is 0 Å². The molecule has 0 radical (unpaired) electrons. The Kier molecular flexibility index (Phi) is 3.14. The number of carbonyl (C=O) groups is 1. The van der Waals surface area contributed by atoms with Crippen LogP contribution in [0.4, 0.5) is 8.92 Å². The minimum atomic E-state index is -2.40. The fourth-order valence-electron chi connectivity index (χ4n) is 1.05. The lowest BCUT2D eigenvalue weighted by molar-refractivity contribution is -0.187. The summed E-state index contributed by atoms with van der Waals surface area (Å²) in [6.45, 7) is 0. The summed E-state index contributed by atoms with van der Waals surface area (Å²) in [6, 6.07) is 7.62. The molecule has 0 amide bonds. The Morgan fingerprint density at radius 1 is 1.43 bits per heavy atom. The van der Waals surface area contributed by atoms with Crippen molar-refractivity contribution in [1.29, 1.82) is 0 Å². The number of hydrogen-bond donors (Lipinski definition) is 1. The van der Waals surface area contributed by atoms with Gasteiger partial charge in [0.2, 0.25) is 0 Å². The van der Waals surface area contributed by atoms with Crippen LogP contribution in [0, 0.1) is 0 Å². The maximum Gasteiger partial charge on any atom is 0.353 e. The van der Waals surface area contributed by atoms with Crippen molar-refractivity contribution in [3.8, 4) is 0 Å². The maximum absolute atomic E-state index is 13.6. The van der Waals surface area contributed by atoms with Crippen LogP contribution in [-0.4, -0.2) is 5.97 Å². The number of rotatable bonds is 3. The van der Waals surface area contributed by atoms with Crippen LogP contribution in [0.5, 0.6) is 0 Å². The van der Waals surface area contributed by atoms with Crippen molar-refractivity contribution in [2.45, 2.75) is 12.2 Å². The van der Waals surface area contributed by atoms with E-state index in [1.54, 1.807) is 18.2 Å². The van der Waals surface area contributed by atoms with Gasteiger partial charge in [0.25, 0.3) is 0 Å². The third kappa shape index (κ3) is 2.50. The largest absolute Gasteiger partial charge is 0.353 e. The van der Waals surface area contributed by atoms with Crippen LogP contribution in [0.15, 0.2) is 30.3 Å². The summed E-state index contributed by atoms with van der Waals surface area (Å²) in [5.74, 6) is -3.73. The third-order valence-electron chi connectivity index (χ3n) is 1.74. The van der Waals surface area contributed by atoms with Gasteiger partial charge in [-0.05, 0) is 0 Å². The molecule has 1 atom stereocenters. The van der Waals surface area contributed by atoms with E-state index in [0.29, 0.717) is 0 Å². The Hall–Kier alpha value is -1.49. The van der Waals surface area contributed by atoms with E-state index in [0.717, 1.165) is 0 Å². The van der Waals surface area contributed by atoms with Crippen LogP contribution in [0.2, 0.25) is 0 Å². The van der Waals surface area contributed by atoms with Gasteiger partial charge in [-0.25, -0.2) is 9.18 Å². The van der Waals surface area contributed by atoms with E-state index in [2.05, 4.69) is 4.94 Å². The molecular weight excluding hydrogens is 192 g/mol. The van der Waals surface area contributed by atoms with E-state index >= 15 is 0 Å². The molecule has 1 aromatic carbocycles. The monoisotopic (exact) mass is 201 g/mol. The predicted octanol–water partition coefficient (Wildman–Crippen LogP) is 1.59. The number of carbonyl (C=O) groups excluding carboxylic acids is 1. The van der Waals surface area contributed by atoms with Crippen molar-refractivity contribution >= 4 is 5.97 Å². The maximum atomic E-state index is 13.6. The summed E-state index contributed by atoms with van der Waals surface area (Å²) in [5, 5.41) is 0. The van der Waals surface area contributed by atoms with Crippen molar-refractivity contribution in [1.82, 2.24) is 0 Å². The lowest BCUT2D eigenvalue weighted by atomic mass is 10.0. The van der Waals surface area contributed by atoms with Gasteiger partial charge in [0.05, 0.1) is 0 Å². The molecule has 1 aromatic rings. The smallest absolute Gasteiger partial charge is 0.295 e. The zero-order valence-corrected chi connectivity index (χ0v) is 7.24. The van der Waals surface area contributed by atoms with E-state index in [4.69, 9.17) is 5.73 Å². The van der Waals surface area contributed by atoms with Gasteiger partial charge < -0.3 is 0 Å². The quantitative estimate of drug-likeness (QED) is 0.755. The molecule has 0 fully saturated rings. The Morgan fingerprint density at radius 3 is 2.50 bits per heavy atom. The fourth-order valence-corrected chi connectivity index (χ4v) is 1.05. The Labute approximate surface area is 79.4 Å². The van der Waals surface area contributed by atoms with E-state index in [-0.39, 0.29) is 5.56 Å². The fraction of sp³-hybridized carbons (Fsp3) is 0.222. The highest BCUT2D eigenvalue weighted by atomic mass is 19.3. The minimum absolute atomic E-state index is 0.102. The van der Waals surface area contributed by atoms with Gasteiger partial charge >= 0.3 is 5.97 Å². The highest BCUT2D eigenvalue weighted by molar-refractivity contribution is 5.70. The van der Waals surface area contributed by atoms with Crippen molar-refractivity contribution < 1.29 is 18.7 Å². The molecule has 0 aromatic heterocycles. The number of nitrogens with two attached hydrogens (primary N) is 1. The van der Waals surface area contributed by atoms with Crippen molar-refractivity contribution in [3.63, 3.8) is 0 Å². The van der Waals surface area contributed by atoms with Crippen LogP contribution in [0.25, 0.3) is 0 Å². The molecule has 0 saturated carbocycles. The third-order valence-corrected chi connectivity index (χ3v) is 1.74. The number of halogens is 2. The second-order valence-corrected chi connectivity index (χ2v) is 2.85. The zero-order chi connectivity index (χ0) is 10.6. The molecule has 0 aliphatic rings. The van der Waals surface area contributed by atoms with Crippen LogP contribution in [0.1, 0.15) is 12.0 Å². The van der Waals surface area contributed by atoms with E-state index in [9.17, 15) is 13.7 Å². The Balaban J connectivity index is 2.80. The molecule has 0 bridgehead atoms. The molecule has 2 N–H and O–H groups in total. The van der Waals surface area contributed by atoms with Gasteiger partial charge in [0.15, 0.2) is 5.79 Å². The van der Waals surface area contributed by atoms with Gasteiger partial charge in [-0.3, -0.25) is 10.7 Å². The molecule has 0 aliphatic carbocycles. The van der Waals surface area contributed by atoms with Crippen molar-refractivity contribution in [3.05, 3.63) is 35.9 Å². The van der Waals surface area contributed by atoms with Crippen LogP contribution in [0.3, 0.4) is 0 Å². The SMILES string of the molecule is NC(F)(CC(=O)OF)c1ccccc1. The van der Waals surface area contributed by atoms with Crippen LogP contribution < -0.4 is 5.73 Å². The molecule has 0 aliphatic heterocycles. The van der Waals surface area contributed by atoms with Gasteiger partial charge in [-0.2, -0.15) is 0 Å². The average molecular weight is 201 g/mol. The molecule has 5 heteroatoms. The lowest BCUT2D eigenvalue weighted by Gasteiger charge is -2.18. The first-order valence-electron chi connectivity index (χ1n) is 3.91. The van der Waals surface area contributed by atoms with Gasteiger partial charge in [0.1, 0.15) is 6.42 Å². The van der Waals surface area contributed by atoms with Crippen molar-refractivity contribution in [2.75, 3.05) is 0 Å². The Morgan fingerprint density at radius 2 is 2.00 bits per heavy atom. The highest BCUT2D eigenvalue weighted by Gasteiger charge is 2.31. The van der Waals surface area contributed by atoms with Crippen LogP contribution in [-0.2, 0) is 15.5 Å². The summed E-state index contributed by atoms with van der Waals surface area (Å²) in [4.78, 5) is 13.3. The first-order valence-corrected chi connectivity index (χ1v) is 3.91. The number of benzene rings is 1. The normalized spacial score (nSPS) is 14.5. The molecule has 0 spiro atoms. The van der Waals surface area contributed by atoms with Gasteiger partial charge in [-0.1, -0.05) is 30.3 Å². The van der Waals surface area contributed by atoms with Crippen molar-refractivity contribution in [2.24, 2.45) is 5.73 Å². The average Bonchev–Trinajstić information content (AvgIpc) is 2.18. The molecule has 3 nitrogen and oxygen atoms in total. The first kappa shape index (κ1) is 10.6. The van der Waals surface area contributed by atoms with E-state index in [1.807, 2.05) is 0 Å². The first-order chi connectivity index (χ1) is 6.56. The molecule has 1 rings (SSSR count). The molecule has 76 valence electrons. The minimum Gasteiger partial charge on any atom is -0.295 e. The number of hydrogen-bond acceptors (Lipinski definition) is 3. The van der Waals surface area contributed by atoms with E-state index in [1.165, 1.54) is 12.1 Å². The number of alkyl halides is 1. The standard InChI is InChI=1S/C9H9F2NO2/c10-9(12,6-8(13)14-11)7-4-2-1-3-5-7/h1-5H,6,12H2. The Bertz CT molecular complexity index is 314. The second kappa shape index (κ2) is 4.15.